The van der Waals surface area contributed by atoms with Gasteiger partial charge in [0.1, 0.15) is 0 Å². The quantitative estimate of drug-likeness (QED) is 0.503. The Morgan fingerprint density at radius 1 is 1.00 bits per heavy atom. The standard InChI is InChI=1S/C19H15N3O4S/c1-12-4-6-13(7-5-12)20-18(23)15-11-14(22(25)26)8-9-16(15)21-19(24)17-3-2-10-27-17/h2-11H,1H3,(H,20,23)(H,21,24). The van der Waals surface area contributed by atoms with Crippen molar-refractivity contribution in [3.05, 3.63) is 86.1 Å². The van der Waals surface area contributed by atoms with Crippen LogP contribution in [0.4, 0.5) is 17.1 Å². The molecule has 1 aromatic heterocycles. The van der Waals surface area contributed by atoms with E-state index in [4.69, 9.17) is 0 Å². The summed E-state index contributed by atoms with van der Waals surface area (Å²) in [4.78, 5) is 35.9. The van der Waals surface area contributed by atoms with E-state index in [2.05, 4.69) is 10.6 Å². The number of carbonyl (C=O) groups excluding carboxylic acids is 2. The van der Waals surface area contributed by atoms with Gasteiger partial charge in [-0.15, -0.1) is 11.3 Å². The zero-order valence-electron chi connectivity index (χ0n) is 14.3. The molecule has 0 atom stereocenters. The summed E-state index contributed by atoms with van der Waals surface area (Å²) < 4.78 is 0. The van der Waals surface area contributed by atoms with Crippen molar-refractivity contribution in [2.45, 2.75) is 6.92 Å². The number of thiophene rings is 1. The Morgan fingerprint density at radius 3 is 2.37 bits per heavy atom. The van der Waals surface area contributed by atoms with Gasteiger partial charge in [0.15, 0.2) is 0 Å². The first kappa shape index (κ1) is 18.3. The van der Waals surface area contributed by atoms with E-state index < -0.39 is 10.8 Å². The number of carbonyl (C=O) groups is 2. The van der Waals surface area contributed by atoms with Crippen molar-refractivity contribution < 1.29 is 14.5 Å². The number of benzene rings is 2. The van der Waals surface area contributed by atoms with Crippen molar-refractivity contribution in [2.75, 3.05) is 10.6 Å². The van der Waals surface area contributed by atoms with Crippen molar-refractivity contribution in [3.63, 3.8) is 0 Å². The van der Waals surface area contributed by atoms with Crippen LogP contribution in [0.3, 0.4) is 0 Å². The molecule has 0 spiro atoms. The molecule has 0 saturated heterocycles. The number of nitrogens with zero attached hydrogens (tertiary/aromatic N) is 1. The van der Waals surface area contributed by atoms with Gasteiger partial charge >= 0.3 is 0 Å². The number of rotatable bonds is 5. The van der Waals surface area contributed by atoms with Crippen molar-refractivity contribution in [1.29, 1.82) is 0 Å². The van der Waals surface area contributed by atoms with Crippen LogP contribution in [0.25, 0.3) is 0 Å². The molecule has 2 amide bonds. The van der Waals surface area contributed by atoms with Crippen LogP contribution < -0.4 is 10.6 Å². The summed E-state index contributed by atoms with van der Waals surface area (Å²) in [6.45, 7) is 1.92. The van der Waals surface area contributed by atoms with Gasteiger partial charge in [0, 0.05) is 17.8 Å². The van der Waals surface area contributed by atoms with Gasteiger partial charge in [-0.1, -0.05) is 23.8 Å². The van der Waals surface area contributed by atoms with Gasteiger partial charge in [0.25, 0.3) is 17.5 Å². The third kappa shape index (κ3) is 4.36. The lowest BCUT2D eigenvalue weighted by Gasteiger charge is -2.11. The number of nitro groups is 1. The molecule has 0 radical (unpaired) electrons. The average Bonchev–Trinajstić information content (AvgIpc) is 3.18. The molecular formula is C19H15N3O4S. The minimum absolute atomic E-state index is 0.00896. The second-order valence-corrected chi connectivity index (χ2v) is 6.69. The van der Waals surface area contributed by atoms with Gasteiger partial charge in [-0.05, 0) is 36.6 Å². The van der Waals surface area contributed by atoms with Crippen LogP contribution >= 0.6 is 11.3 Å². The first-order chi connectivity index (χ1) is 12.9. The summed E-state index contributed by atoms with van der Waals surface area (Å²) in [7, 11) is 0. The average molecular weight is 381 g/mol. The second-order valence-electron chi connectivity index (χ2n) is 5.74. The fourth-order valence-corrected chi connectivity index (χ4v) is 2.99. The van der Waals surface area contributed by atoms with E-state index in [0.717, 1.165) is 11.6 Å². The first-order valence-corrected chi connectivity index (χ1v) is 8.83. The smallest absolute Gasteiger partial charge is 0.270 e. The molecule has 2 aromatic carbocycles. The van der Waals surface area contributed by atoms with Crippen LogP contribution in [0.5, 0.6) is 0 Å². The Hall–Kier alpha value is -3.52. The van der Waals surface area contributed by atoms with Gasteiger partial charge < -0.3 is 10.6 Å². The highest BCUT2D eigenvalue weighted by molar-refractivity contribution is 7.12. The Balaban J connectivity index is 1.91. The van der Waals surface area contributed by atoms with Crippen molar-refractivity contribution in [3.8, 4) is 0 Å². The lowest BCUT2D eigenvalue weighted by molar-refractivity contribution is -0.384. The number of amides is 2. The van der Waals surface area contributed by atoms with Crippen LogP contribution in [0.15, 0.2) is 60.0 Å². The largest absolute Gasteiger partial charge is 0.322 e. The minimum Gasteiger partial charge on any atom is -0.322 e. The third-order valence-electron chi connectivity index (χ3n) is 3.76. The van der Waals surface area contributed by atoms with E-state index >= 15 is 0 Å². The highest BCUT2D eigenvalue weighted by Gasteiger charge is 2.19. The Labute approximate surface area is 158 Å². The lowest BCUT2D eigenvalue weighted by atomic mass is 10.1. The molecule has 0 aliphatic heterocycles. The lowest BCUT2D eigenvalue weighted by Crippen LogP contribution is -2.18. The zero-order chi connectivity index (χ0) is 19.4. The molecule has 8 heteroatoms. The highest BCUT2D eigenvalue weighted by atomic mass is 32.1. The maximum absolute atomic E-state index is 12.7. The molecule has 0 bridgehead atoms. The fourth-order valence-electron chi connectivity index (χ4n) is 2.37. The molecule has 3 aromatic rings. The van der Waals surface area contributed by atoms with Crippen LogP contribution in [0.1, 0.15) is 25.6 Å². The van der Waals surface area contributed by atoms with Crippen molar-refractivity contribution in [2.24, 2.45) is 0 Å². The summed E-state index contributed by atoms with van der Waals surface area (Å²) in [5, 5.41) is 18.2. The molecule has 0 aliphatic carbocycles. The number of hydrogen-bond acceptors (Lipinski definition) is 5. The summed E-state index contributed by atoms with van der Waals surface area (Å²) in [6.07, 6.45) is 0. The summed E-state index contributed by atoms with van der Waals surface area (Å²) in [5.74, 6) is -0.938. The van der Waals surface area contributed by atoms with Crippen molar-refractivity contribution in [1.82, 2.24) is 0 Å². The summed E-state index contributed by atoms with van der Waals surface area (Å²) >= 11 is 1.26. The van der Waals surface area contributed by atoms with Crippen LogP contribution in [0.2, 0.25) is 0 Å². The maximum Gasteiger partial charge on any atom is 0.270 e. The number of anilines is 2. The molecular weight excluding hydrogens is 366 g/mol. The van der Waals surface area contributed by atoms with Crippen LogP contribution in [-0.2, 0) is 0 Å². The van der Waals surface area contributed by atoms with E-state index in [1.165, 1.54) is 23.5 Å². The monoisotopic (exact) mass is 381 g/mol. The van der Waals surface area contributed by atoms with Crippen LogP contribution in [-0.4, -0.2) is 16.7 Å². The van der Waals surface area contributed by atoms with E-state index in [1.807, 2.05) is 19.1 Å². The molecule has 27 heavy (non-hydrogen) atoms. The molecule has 7 nitrogen and oxygen atoms in total. The number of hydrogen-bond donors (Lipinski definition) is 2. The second kappa shape index (κ2) is 7.79. The van der Waals surface area contributed by atoms with Crippen LogP contribution in [0, 0.1) is 17.0 Å². The van der Waals surface area contributed by atoms with Gasteiger partial charge in [-0.3, -0.25) is 19.7 Å². The van der Waals surface area contributed by atoms with Gasteiger partial charge in [-0.25, -0.2) is 0 Å². The molecule has 0 fully saturated rings. The molecule has 0 aliphatic rings. The number of aryl methyl sites for hydroxylation is 1. The normalized spacial score (nSPS) is 10.3. The molecule has 3 rings (SSSR count). The van der Waals surface area contributed by atoms with E-state index in [0.29, 0.717) is 10.6 Å². The number of nitrogens with one attached hydrogen (secondary N) is 2. The van der Waals surface area contributed by atoms with E-state index in [-0.39, 0.29) is 22.8 Å². The Morgan fingerprint density at radius 2 is 1.74 bits per heavy atom. The number of non-ortho nitro benzene ring substituents is 1. The van der Waals surface area contributed by atoms with E-state index in [1.54, 1.807) is 29.6 Å². The molecule has 0 unspecified atom stereocenters. The predicted molar refractivity (Wildman–Crippen MR) is 105 cm³/mol. The highest BCUT2D eigenvalue weighted by Crippen LogP contribution is 2.24. The topological polar surface area (TPSA) is 101 Å². The summed E-state index contributed by atoms with van der Waals surface area (Å²) in [5.41, 5.74) is 1.55. The zero-order valence-corrected chi connectivity index (χ0v) is 15.1. The van der Waals surface area contributed by atoms with Gasteiger partial charge in [0.2, 0.25) is 0 Å². The Bertz CT molecular complexity index is 998. The predicted octanol–water partition coefficient (Wildman–Crippen LogP) is 4.47. The van der Waals surface area contributed by atoms with Gasteiger partial charge in [-0.2, -0.15) is 0 Å². The molecule has 1 heterocycles. The number of nitro benzene ring substituents is 1. The van der Waals surface area contributed by atoms with Gasteiger partial charge in [0.05, 0.1) is 21.1 Å². The first-order valence-electron chi connectivity index (χ1n) is 7.95. The summed E-state index contributed by atoms with van der Waals surface area (Å²) in [6, 6.07) is 14.3. The SMILES string of the molecule is Cc1ccc(NC(=O)c2cc([N+](=O)[O-])ccc2NC(=O)c2cccs2)cc1. The fraction of sp³-hybridized carbons (Fsp3) is 0.0526. The van der Waals surface area contributed by atoms with Crippen molar-refractivity contribution >= 4 is 40.2 Å². The maximum atomic E-state index is 12.7. The molecule has 136 valence electrons. The minimum atomic E-state index is -0.590. The molecule has 2 N–H and O–H groups in total. The molecule has 0 saturated carbocycles. The van der Waals surface area contributed by atoms with E-state index in [9.17, 15) is 19.7 Å². The Kier molecular flexibility index (Phi) is 5.28. The third-order valence-corrected chi connectivity index (χ3v) is 4.63.